The van der Waals surface area contributed by atoms with Gasteiger partial charge in [0.2, 0.25) is 0 Å². The van der Waals surface area contributed by atoms with Crippen LogP contribution in [0.2, 0.25) is 0 Å². The van der Waals surface area contributed by atoms with Crippen molar-refractivity contribution in [3.8, 4) is 22.3 Å². The molecule has 0 radical (unpaired) electrons. The highest BCUT2D eigenvalue weighted by Crippen LogP contribution is 2.67. The fourth-order valence-electron chi connectivity index (χ4n) is 10.2. The van der Waals surface area contributed by atoms with Crippen LogP contribution in [0, 0.1) is 11.8 Å². The Morgan fingerprint density at radius 2 is 1.27 bits per heavy atom. The lowest BCUT2D eigenvalue weighted by molar-refractivity contribution is 0.327. The summed E-state index contributed by atoms with van der Waals surface area (Å²) in [5.74, 6) is 1.60. The molecule has 0 saturated heterocycles. The standard InChI is InChI=1S/C44H37N/c1-43(2)36-16-7-5-14-33(36)34-24-23-31(26-39(34)43)45(40-19-9-12-29-11-3-4-13-32(29)40)41-20-10-18-38-42(41)35-15-6-8-17-37(35)44(38)27-28-21-22-30(44)25-28/h3-20,23-24,26,28,30H,21-22,25,27H2,1-2H3. The van der Waals surface area contributed by atoms with Crippen LogP contribution in [0.4, 0.5) is 17.1 Å². The number of hydrogen-bond donors (Lipinski definition) is 0. The molecule has 1 heteroatoms. The van der Waals surface area contributed by atoms with Crippen molar-refractivity contribution in [2.24, 2.45) is 11.8 Å². The maximum Gasteiger partial charge on any atom is 0.0543 e. The average molecular weight is 580 g/mol. The molecule has 6 aromatic rings. The Balaban J connectivity index is 1.26. The molecular weight excluding hydrogens is 542 g/mol. The molecule has 218 valence electrons. The summed E-state index contributed by atoms with van der Waals surface area (Å²) in [6, 6.07) is 48.5. The zero-order valence-electron chi connectivity index (χ0n) is 26.1. The van der Waals surface area contributed by atoms with Gasteiger partial charge in [0.05, 0.1) is 11.4 Å². The van der Waals surface area contributed by atoms with Crippen LogP contribution in [-0.2, 0) is 10.8 Å². The van der Waals surface area contributed by atoms with Crippen molar-refractivity contribution < 1.29 is 0 Å². The van der Waals surface area contributed by atoms with E-state index in [1.165, 1.54) is 86.9 Å². The van der Waals surface area contributed by atoms with Gasteiger partial charge in [-0.15, -0.1) is 0 Å². The molecule has 45 heavy (non-hydrogen) atoms. The fourth-order valence-corrected chi connectivity index (χ4v) is 10.2. The molecule has 1 nitrogen and oxygen atoms in total. The Hall–Kier alpha value is -4.62. The van der Waals surface area contributed by atoms with Crippen molar-refractivity contribution in [2.45, 2.75) is 50.4 Å². The number of fused-ring (bicyclic) bond motifs is 12. The van der Waals surface area contributed by atoms with E-state index in [0.29, 0.717) is 0 Å². The predicted molar refractivity (Wildman–Crippen MR) is 188 cm³/mol. The van der Waals surface area contributed by atoms with Crippen molar-refractivity contribution in [1.82, 2.24) is 0 Å². The lowest BCUT2D eigenvalue weighted by atomic mass is 9.67. The zero-order valence-corrected chi connectivity index (χ0v) is 26.1. The van der Waals surface area contributed by atoms with E-state index in [0.717, 1.165) is 11.8 Å². The van der Waals surface area contributed by atoms with Crippen molar-refractivity contribution in [3.63, 3.8) is 0 Å². The number of hydrogen-bond acceptors (Lipinski definition) is 1. The highest BCUT2D eigenvalue weighted by Gasteiger charge is 2.57. The van der Waals surface area contributed by atoms with Crippen molar-refractivity contribution in [1.29, 1.82) is 0 Å². The second-order valence-corrected chi connectivity index (χ2v) is 14.5. The molecular formula is C44H37N. The van der Waals surface area contributed by atoms with Gasteiger partial charge < -0.3 is 4.90 Å². The van der Waals surface area contributed by atoms with Crippen LogP contribution < -0.4 is 4.90 Å². The van der Waals surface area contributed by atoms with Gasteiger partial charge in [-0.05, 0) is 99.7 Å². The third-order valence-corrected chi connectivity index (χ3v) is 12.1. The van der Waals surface area contributed by atoms with Gasteiger partial charge in [-0.1, -0.05) is 123 Å². The van der Waals surface area contributed by atoms with E-state index in [1.54, 1.807) is 11.1 Å². The Labute approximate surface area is 266 Å². The molecule has 0 amide bonds. The Kier molecular flexibility index (Phi) is 5.12. The topological polar surface area (TPSA) is 3.24 Å². The Morgan fingerprint density at radius 1 is 0.578 bits per heavy atom. The normalized spacial score (nSPS) is 22.8. The lowest BCUT2D eigenvalue weighted by Gasteiger charge is -2.37. The minimum atomic E-state index is -0.0647. The number of benzene rings is 6. The van der Waals surface area contributed by atoms with Gasteiger partial charge in [-0.25, -0.2) is 0 Å². The summed E-state index contributed by atoms with van der Waals surface area (Å²) in [7, 11) is 0. The van der Waals surface area contributed by atoms with Crippen LogP contribution in [0.15, 0.2) is 127 Å². The third-order valence-electron chi connectivity index (χ3n) is 12.1. The third kappa shape index (κ3) is 3.29. The van der Waals surface area contributed by atoms with Crippen molar-refractivity contribution >= 4 is 27.8 Å². The van der Waals surface area contributed by atoms with Gasteiger partial charge in [0, 0.05) is 27.5 Å². The fraction of sp³-hybridized carbons (Fsp3) is 0.227. The van der Waals surface area contributed by atoms with E-state index in [1.807, 2.05) is 0 Å². The van der Waals surface area contributed by atoms with E-state index in [4.69, 9.17) is 0 Å². The Bertz CT molecular complexity index is 2180. The smallest absolute Gasteiger partial charge is 0.0543 e. The molecule has 3 unspecified atom stereocenters. The first-order chi connectivity index (χ1) is 22.1. The highest BCUT2D eigenvalue weighted by molar-refractivity contribution is 6.03. The lowest BCUT2D eigenvalue weighted by Crippen LogP contribution is -2.31. The average Bonchev–Trinajstić information content (AvgIpc) is 3.82. The number of anilines is 3. The van der Waals surface area contributed by atoms with Gasteiger partial charge >= 0.3 is 0 Å². The first-order valence-corrected chi connectivity index (χ1v) is 16.8. The first kappa shape index (κ1) is 25.7. The molecule has 6 aromatic carbocycles. The monoisotopic (exact) mass is 579 g/mol. The highest BCUT2D eigenvalue weighted by atomic mass is 15.1. The summed E-state index contributed by atoms with van der Waals surface area (Å²) in [6.45, 7) is 4.78. The number of rotatable bonds is 3. The summed E-state index contributed by atoms with van der Waals surface area (Å²) in [5, 5.41) is 2.55. The van der Waals surface area contributed by atoms with E-state index in [-0.39, 0.29) is 10.8 Å². The molecule has 10 rings (SSSR count). The summed E-state index contributed by atoms with van der Waals surface area (Å²) in [6.07, 6.45) is 5.44. The molecule has 0 N–H and O–H groups in total. The molecule has 4 aliphatic carbocycles. The summed E-state index contributed by atoms with van der Waals surface area (Å²) >= 11 is 0. The Morgan fingerprint density at radius 3 is 2.11 bits per heavy atom. The number of nitrogens with zero attached hydrogens (tertiary/aromatic N) is 1. The van der Waals surface area contributed by atoms with Crippen LogP contribution >= 0.6 is 0 Å². The van der Waals surface area contributed by atoms with Crippen LogP contribution in [0.1, 0.15) is 61.8 Å². The molecule has 0 aliphatic heterocycles. The van der Waals surface area contributed by atoms with E-state index < -0.39 is 0 Å². The van der Waals surface area contributed by atoms with E-state index in [2.05, 4.69) is 146 Å². The second kappa shape index (κ2) is 8.98. The van der Waals surface area contributed by atoms with Gasteiger partial charge in [-0.3, -0.25) is 0 Å². The summed E-state index contributed by atoms with van der Waals surface area (Å²) in [5.41, 5.74) is 15.4. The van der Waals surface area contributed by atoms with E-state index >= 15 is 0 Å². The van der Waals surface area contributed by atoms with Crippen molar-refractivity contribution in [2.75, 3.05) is 4.90 Å². The molecule has 3 atom stereocenters. The minimum Gasteiger partial charge on any atom is -0.309 e. The SMILES string of the molecule is CC1(C)c2ccccc2-c2ccc(N(c3cccc4c3-c3ccccc3C43CC4CCC3C4)c3cccc4ccccc34)cc21. The quantitative estimate of drug-likeness (QED) is 0.202. The summed E-state index contributed by atoms with van der Waals surface area (Å²) in [4.78, 5) is 2.59. The van der Waals surface area contributed by atoms with Gasteiger partial charge in [0.15, 0.2) is 0 Å². The molecule has 0 aromatic heterocycles. The van der Waals surface area contributed by atoms with Gasteiger partial charge in [-0.2, -0.15) is 0 Å². The zero-order chi connectivity index (χ0) is 29.9. The maximum atomic E-state index is 2.59. The van der Waals surface area contributed by atoms with Crippen molar-refractivity contribution in [3.05, 3.63) is 150 Å². The molecule has 2 fully saturated rings. The first-order valence-electron chi connectivity index (χ1n) is 16.8. The van der Waals surface area contributed by atoms with Gasteiger partial charge in [0.1, 0.15) is 0 Å². The van der Waals surface area contributed by atoms with Crippen LogP contribution in [0.3, 0.4) is 0 Å². The molecule has 2 bridgehead atoms. The summed E-state index contributed by atoms with van der Waals surface area (Å²) < 4.78 is 0. The van der Waals surface area contributed by atoms with Crippen LogP contribution in [0.25, 0.3) is 33.0 Å². The second-order valence-electron chi connectivity index (χ2n) is 14.5. The van der Waals surface area contributed by atoms with Gasteiger partial charge in [0.25, 0.3) is 0 Å². The largest absolute Gasteiger partial charge is 0.309 e. The van der Waals surface area contributed by atoms with Crippen LogP contribution in [-0.4, -0.2) is 0 Å². The maximum absolute atomic E-state index is 2.59. The molecule has 2 saturated carbocycles. The minimum absolute atomic E-state index is 0.0647. The molecule has 0 heterocycles. The van der Waals surface area contributed by atoms with Crippen LogP contribution in [0.5, 0.6) is 0 Å². The predicted octanol–water partition coefficient (Wildman–Crippen LogP) is 11.7. The molecule has 4 aliphatic rings. The van der Waals surface area contributed by atoms with E-state index in [9.17, 15) is 0 Å². The molecule has 1 spiro atoms.